The van der Waals surface area contributed by atoms with Crippen molar-refractivity contribution in [3.05, 3.63) is 48.2 Å². The Morgan fingerprint density at radius 3 is 2.86 bits per heavy atom. The van der Waals surface area contributed by atoms with Gasteiger partial charge in [0, 0.05) is 24.6 Å². The quantitative estimate of drug-likeness (QED) is 0.787. The molecule has 0 bridgehead atoms. The van der Waals surface area contributed by atoms with E-state index in [-0.39, 0.29) is 5.91 Å². The molecule has 0 radical (unpaired) electrons. The number of rotatable bonds is 2. The Morgan fingerprint density at radius 2 is 2.09 bits per heavy atom. The molecule has 22 heavy (non-hydrogen) atoms. The number of oxazole rings is 1. The number of nitrogens with zero attached hydrogens (tertiary/aromatic N) is 3. The lowest BCUT2D eigenvalue weighted by Crippen LogP contribution is -2.25. The Labute approximate surface area is 125 Å². The highest BCUT2D eigenvalue weighted by Crippen LogP contribution is 2.24. The summed E-state index contributed by atoms with van der Waals surface area (Å²) in [6.45, 7) is 0. The Hall–Kier alpha value is -3.02. The highest BCUT2D eigenvalue weighted by atomic mass is 16.3. The van der Waals surface area contributed by atoms with Crippen molar-refractivity contribution in [2.45, 2.75) is 12.8 Å². The van der Waals surface area contributed by atoms with Crippen LogP contribution in [0.4, 0.5) is 0 Å². The lowest BCUT2D eigenvalue weighted by molar-refractivity contribution is -0.121. The zero-order valence-electron chi connectivity index (χ0n) is 11.6. The molecule has 1 aliphatic heterocycles. The van der Waals surface area contributed by atoms with Gasteiger partial charge in [-0.15, -0.1) is 0 Å². The molecule has 3 heterocycles. The van der Waals surface area contributed by atoms with Gasteiger partial charge in [-0.1, -0.05) is 12.1 Å². The van der Waals surface area contributed by atoms with E-state index in [1.54, 1.807) is 6.20 Å². The van der Waals surface area contributed by atoms with Crippen molar-refractivity contribution in [2.75, 3.05) is 0 Å². The summed E-state index contributed by atoms with van der Waals surface area (Å²) >= 11 is 0. The molecule has 0 spiro atoms. The predicted octanol–water partition coefficient (Wildman–Crippen LogP) is 2.50. The molecule has 1 N–H and O–H groups in total. The molecule has 1 amide bonds. The van der Waals surface area contributed by atoms with E-state index in [1.165, 1.54) is 0 Å². The molecule has 0 saturated heterocycles. The minimum atomic E-state index is -0.0538. The summed E-state index contributed by atoms with van der Waals surface area (Å²) in [5.74, 6) is 0.438. The van der Waals surface area contributed by atoms with Gasteiger partial charge in [0.05, 0.1) is 5.71 Å². The minimum absolute atomic E-state index is 0.0538. The summed E-state index contributed by atoms with van der Waals surface area (Å²) in [4.78, 5) is 19.8. The van der Waals surface area contributed by atoms with Crippen LogP contribution in [0.25, 0.3) is 22.7 Å². The molecule has 0 unspecified atom stereocenters. The molecule has 108 valence electrons. The number of fused-ring (bicyclic) bond motifs is 1. The number of pyridine rings is 1. The van der Waals surface area contributed by atoms with E-state index >= 15 is 0 Å². The highest BCUT2D eigenvalue weighted by molar-refractivity contribution is 6.05. The molecule has 6 nitrogen and oxygen atoms in total. The monoisotopic (exact) mass is 292 g/mol. The summed E-state index contributed by atoms with van der Waals surface area (Å²) in [7, 11) is 0. The number of benzene rings is 1. The molecule has 3 aromatic rings. The van der Waals surface area contributed by atoms with Gasteiger partial charge in [0.2, 0.25) is 11.8 Å². The maximum atomic E-state index is 11.2. The lowest BCUT2D eigenvalue weighted by Gasteiger charge is -2.11. The van der Waals surface area contributed by atoms with Crippen molar-refractivity contribution in [2.24, 2.45) is 5.10 Å². The number of nitrogens with one attached hydrogen (secondary N) is 1. The Balaban J connectivity index is 1.74. The largest absolute Gasteiger partial charge is 0.435 e. The number of amides is 1. The minimum Gasteiger partial charge on any atom is -0.435 e. The van der Waals surface area contributed by atoms with E-state index in [0.717, 1.165) is 16.8 Å². The fourth-order valence-corrected chi connectivity index (χ4v) is 2.39. The number of hydrogen-bond acceptors (Lipinski definition) is 5. The van der Waals surface area contributed by atoms with Crippen molar-refractivity contribution >= 4 is 22.7 Å². The van der Waals surface area contributed by atoms with Gasteiger partial charge in [0.1, 0.15) is 11.2 Å². The van der Waals surface area contributed by atoms with Crippen LogP contribution >= 0.6 is 0 Å². The van der Waals surface area contributed by atoms with Crippen molar-refractivity contribution in [1.82, 2.24) is 15.4 Å². The Kier molecular flexibility index (Phi) is 2.93. The maximum Gasteiger partial charge on any atom is 0.246 e. The molecule has 0 fully saturated rings. The van der Waals surface area contributed by atoms with E-state index in [1.807, 2.05) is 36.4 Å². The summed E-state index contributed by atoms with van der Waals surface area (Å²) in [6.07, 6.45) is 2.78. The first-order valence-electron chi connectivity index (χ1n) is 6.97. The Bertz CT molecular complexity index is 884. The van der Waals surface area contributed by atoms with Crippen LogP contribution in [0.3, 0.4) is 0 Å². The zero-order valence-corrected chi connectivity index (χ0v) is 11.6. The van der Waals surface area contributed by atoms with E-state index < -0.39 is 0 Å². The molecular weight excluding hydrogens is 280 g/mol. The van der Waals surface area contributed by atoms with Gasteiger partial charge in [-0.2, -0.15) is 5.10 Å². The maximum absolute atomic E-state index is 11.2. The fraction of sp³-hybridized carbons (Fsp3) is 0.125. The normalized spacial score (nSPS) is 14.7. The van der Waals surface area contributed by atoms with E-state index in [0.29, 0.717) is 30.0 Å². The Morgan fingerprint density at radius 1 is 1.14 bits per heavy atom. The molecule has 6 heteroatoms. The third kappa shape index (κ3) is 2.24. The third-order valence-corrected chi connectivity index (χ3v) is 3.51. The molecule has 2 aromatic heterocycles. The van der Waals surface area contributed by atoms with Gasteiger partial charge in [-0.05, 0) is 24.3 Å². The zero-order chi connectivity index (χ0) is 14.9. The number of aromatic nitrogens is 2. The van der Waals surface area contributed by atoms with Gasteiger partial charge in [0.25, 0.3) is 0 Å². The predicted molar refractivity (Wildman–Crippen MR) is 81.2 cm³/mol. The number of hydrazone groups is 1. The second kappa shape index (κ2) is 5.07. The van der Waals surface area contributed by atoms with Crippen LogP contribution in [0.5, 0.6) is 0 Å². The number of hydrogen-bond donors (Lipinski definition) is 1. The van der Waals surface area contributed by atoms with Crippen molar-refractivity contribution in [1.29, 1.82) is 0 Å². The van der Waals surface area contributed by atoms with E-state index in [4.69, 9.17) is 4.42 Å². The number of carbonyl (C=O) groups is 1. The summed E-state index contributed by atoms with van der Waals surface area (Å²) in [5, 5.41) is 4.10. The smallest absolute Gasteiger partial charge is 0.246 e. The van der Waals surface area contributed by atoms with Gasteiger partial charge in [-0.25, -0.2) is 10.4 Å². The van der Waals surface area contributed by atoms with Crippen LogP contribution in [-0.2, 0) is 4.79 Å². The van der Waals surface area contributed by atoms with Crippen LogP contribution in [0.2, 0.25) is 0 Å². The highest BCUT2D eigenvalue weighted by Gasteiger charge is 2.15. The van der Waals surface area contributed by atoms with Crippen molar-refractivity contribution in [3.63, 3.8) is 0 Å². The first-order valence-corrected chi connectivity index (χ1v) is 6.97. The van der Waals surface area contributed by atoms with Gasteiger partial charge >= 0.3 is 0 Å². The van der Waals surface area contributed by atoms with Crippen LogP contribution in [-0.4, -0.2) is 21.6 Å². The summed E-state index contributed by atoms with van der Waals surface area (Å²) < 4.78 is 5.79. The standard InChI is InChI=1S/C16H12N4O2/c21-15-7-6-11(19-20-15)10-4-5-12-14(9-10)22-16(18-12)13-3-1-2-8-17-13/h1-5,8-9H,6-7H2,(H,20,21). The second-order valence-electron chi connectivity index (χ2n) is 5.01. The van der Waals surface area contributed by atoms with Crippen LogP contribution in [0.15, 0.2) is 52.1 Å². The molecule has 4 rings (SSSR count). The SMILES string of the molecule is O=C1CCC(c2ccc3nc(-c4ccccn4)oc3c2)=NN1. The first-order chi connectivity index (χ1) is 10.8. The lowest BCUT2D eigenvalue weighted by atomic mass is 10.0. The van der Waals surface area contributed by atoms with Gasteiger partial charge in [-0.3, -0.25) is 9.78 Å². The van der Waals surface area contributed by atoms with Crippen LogP contribution in [0, 0.1) is 0 Å². The molecule has 0 aliphatic carbocycles. The summed E-state index contributed by atoms with van der Waals surface area (Å²) in [6, 6.07) is 11.3. The van der Waals surface area contributed by atoms with Crippen molar-refractivity contribution < 1.29 is 9.21 Å². The molecule has 0 saturated carbocycles. The van der Waals surface area contributed by atoms with Crippen molar-refractivity contribution in [3.8, 4) is 11.6 Å². The fourth-order valence-electron chi connectivity index (χ4n) is 2.39. The molecular formula is C16H12N4O2. The molecule has 0 atom stereocenters. The first kappa shape index (κ1) is 12.7. The van der Waals surface area contributed by atoms with Crippen LogP contribution in [0.1, 0.15) is 18.4 Å². The molecule has 1 aliphatic rings. The average Bonchev–Trinajstić information content (AvgIpc) is 2.99. The average molecular weight is 292 g/mol. The van der Waals surface area contributed by atoms with E-state index in [2.05, 4.69) is 20.5 Å². The summed E-state index contributed by atoms with van der Waals surface area (Å²) in [5.41, 5.74) is 6.42. The third-order valence-electron chi connectivity index (χ3n) is 3.51. The van der Waals surface area contributed by atoms with Crippen LogP contribution < -0.4 is 5.43 Å². The molecule has 1 aromatic carbocycles. The van der Waals surface area contributed by atoms with Gasteiger partial charge in [0.15, 0.2) is 5.58 Å². The topological polar surface area (TPSA) is 80.4 Å². The number of carbonyl (C=O) groups excluding carboxylic acids is 1. The van der Waals surface area contributed by atoms with Gasteiger partial charge < -0.3 is 4.42 Å². The second-order valence-corrected chi connectivity index (χ2v) is 5.01. The van der Waals surface area contributed by atoms with E-state index in [9.17, 15) is 4.79 Å².